The van der Waals surface area contributed by atoms with Gasteiger partial charge in [-0.15, -0.1) is 0 Å². The quantitative estimate of drug-likeness (QED) is 0.754. The first-order valence-corrected chi connectivity index (χ1v) is 8.16. The van der Waals surface area contributed by atoms with E-state index in [4.69, 9.17) is 0 Å². The summed E-state index contributed by atoms with van der Waals surface area (Å²) in [6, 6.07) is 6.88. The van der Waals surface area contributed by atoms with Crippen molar-refractivity contribution in [2.24, 2.45) is 5.92 Å². The molecule has 2 unspecified atom stereocenters. The molecule has 1 saturated heterocycles. The Labute approximate surface area is 127 Å². The number of halogens is 1. The highest BCUT2D eigenvalue weighted by atomic mass is 19.1. The van der Waals surface area contributed by atoms with Crippen molar-refractivity contribution in [2.45, 2.75) is 52.0 Å². The van der Waals surface area contributed by atoms with E-state index >= 15 is 0 Å². The molecule has 1 aromatic rings. The molecule has 0 bridgehead atoms. The molecule has 0 saturated carbocycles. The minimum Gasteiger partial charge on any atom is -0.300 e. The van der Waals surface area contributed by atoms with Gasteiger partial charge < -0.3 is 0 Å². The maximum atomic E-state index is 13.8. The van der Waals surface area contributed by atoms with E-state index in [1.165, 1.54) is 31.7 Å². The summed E-state index contributed by atoms with van der Waals surface area (Å²) in [5.74, 6) is -0.640. The van der Waals surface area contributed by atoms with Crippen LogP contribution in [0.15, 0.2) is 24.3 Å². The number of benzene rings is 1. The summed E-state index contributed by atoms with van der Waals surface area (Å²) < 4.78 is 13.8. The molecule has 1 aromatic carbocycles. The van der Waals surface area contributed by atoms with Gasteiger partial charge in [0, 0.05) is 18.5 Å². The standard InChI is InChI=1S/C18H26FNO/c1-3-15-9-5-4-8-12-20(15)13-14(2)18(21)16-10-6-7-11-17(16)19/h6-7,10-11,14-15H,3-5,8-9,12-13H2,1-2H3. The maximum Gasteiger partial charge on any atom is 0.169 e. The van der Waals surface area contributed by atoms with Gasteiger partial charge in [-0.25, -0.2) is 4.39 Å². The molecule has 0 radical (unpaired) electrons. The molecule has 0 N–H and O–H groups in total. The van der Waals surface area contributed by atoms with Gasteiger partial charge >= 0.3 is 0 Å². The van der Waals surface area contributed by atoms with Crippen molar-refractivity contribution in [2.75, 3.05) is 13.1 Å². The lowest BCUT2D eigenvalue weighted by atomic mass is 9.97. The number of ketones is 1. The van der Waals surface area contributed by atoms with E-state index in [0.717, 1.165) is 19.5 Å². The molecule has 2 rings (SSSR count). The molecule has 1 aliphatic heterocycles. The van der Waals surface area contributed by atoms with Gasteiger partial charge in [-0.3, -0.25) is 9.69 Å². The Morgan fingerprint density at radius 1 is 1.33 bits per heavy atom. The summed E-state index contributed by atoms with van der Waals surface area (Å²) in [5.41, 5.74) is 0.230. The van der Waals surface area contributed by atoms with E-state index in [-0.39, 0.29) is 17.3 Å². The molecular formula is C18H26FNO. The molecule has 1 heterocycles. The average molecular weight is 291 g/mol. The van der Waals surface area contributed by atoms with E-state index in [2.05, 4.69) is 11.8 Å². The van der Waals surface area contributed by atoms with Gasteiger partial charge in [0.05, 0.1) is 5.56 Å². The molecular weight excluding hydrogens is 265 g/mol. The van der Waals surface area contributed by atoms with Crippen LogP contribution in [0.25, 0.3) is 0 Å². The molecule has 0 spiro atoms. The van der Waals surface area contributed by atoms with Crippen molar-refractivity contribution < 1.29 is 9.18 Å². The van der Waals surface area contributed by atoms with E-state index in [0.29, 0.717) is 6.04 Å². The minimum atomic E-state index is -0.405. The van der Waals surface area contributed by atoms with Crippen molar-refractivity contribution in [3.8, 4) is 0 Å². The molecule has 116 valence electrons. The summed E-state index contributed by atoms with van der Waals surface area (Å²) in [6.07, 6.45) is 6.11. The first-order chi connectivity index (χ1) is 10.1. The molecule has 1 fully saturated rings. The lowest BCUT2D eigenvalue weighted by Crippen LogP contribution is -2.39. The van der Waals surface area contributed by atoms with Crippen LogP contribution in [0.2, 0.25) is 0 Å². The van der Waals surface area contributed by atoms with Crippen LogP contribution >= 0.6 is 0 Å². The number of carbonyl (C=O) groups is 1. The van der Waals surface area contributed by atoms with Gasteiger partial charge in [-0.05, 0) is 37.9 Å². The Balaban J connectivity index is 2.04. The summed E-state index contributed by atoms with van der Waals surface area (Å²) in [4.78, 5) is 14.9. The second kappa shape index (κ2) is 7.69. The Morgan fingerprint density at radius 2 is 2.10 bits per heavy atom. The van der Waals surface area contributed by atoms with Crippen LogP contribution in [0.1, 0.15) is 56.3 Å². The average Bonchev–Trinajstić information content (AvgIpc) is 2.72. The molecule has 0 aliphatic carbocycles. The van der Waals surface area contributed by atoms with Crippen molar-refractivity contribution >= 4 is 5.78 Å². The largest absolute Gasteiger partial charge is 0.300 e. The molecule has 21 heavy (non-hydrogen) atoms. The fraction of sp³-hybridized carbons (Fsp3) is 0.611. The van der Waals surface area contributed by atoms with Crippen LogP contribution < -0.4 is 0 Å². The van der Waals surface area contributed by atoms with Crippen molar-refractivity contribution in [3.63, 3.8) is 0 Å². The van der Waals surface area contributed by atoms with Crippen LogP contribution in [0.4, 0.5) is 4.39 Å². The normalized spacial score (nSPS) is 21.8. The smallest absolute Gasteiger partial charge is 0.169 e. The number of rotatable bonds is 5. The lowest BCUT2D eigenvalue weighted by Gasteiger charge is -2.31. The molecule has 0 amide bonds. The van der Waals surface area contributed by atoms with Crippen LogP contribution in [0.5, 0.6) is 0 Å². The Bertz CT molecular complexity index is 474. The minimum absolute atomic E-state index is 0.0767. The van der Waals surface area contributed by atoms with Crippen LogP contribution in [-0.4, -0.2) is 29.8 Å². The van der Waals surface area contributed by atoms with E-state index in [9.17, 15) is 9.18 Å². The van der Waals surface area contributed by atoms with E-state index in [1.807, 2.05) is 6.92 Å². The van der Waals surface area contributed by atoms with Gasteiger partial charge in [0.25, 0.3) is 0 Å². The highest BCUT2D eigenvalue weighted by Gasteiger charge is 2.25. The number of Topliss-reactive ketones (excluding diaryl/α,β-unsaturated/α-hetero) is 1. The zero-order chi connectivity index (χ0) is 15.2. The Hall–Kier alpha value is -1.22. The molecule has 2 atom stereocenters. The monoisotopic (exact) mass is 291 g/mol. The summed E-state index contributed by atoms with van der Waals surface area (Å²) in [6.45, 7) is 5.94. The third kappa shape index (κ3) is 4.13. The van der Waals surface area contributed by atoms with Crippen molar-refractivity contribution in [3.05, 3.63) is 35.6 Å². The zero-order valence-corrected chi connectivity index (χ0v) is 13.1. The van der Waals surface area contributed by atoms with E-state index in [1.54, 1.807) is 18.2 Å². The van der Waals surface area contributed by atoms with Crippen LogP contribution in [-0.2, 0) is 0 Å². The predicted octanol–water partition coefficient (Wildman–Crippen LogP) is 4.30. The lowest BCUT2D eigenvalue weighted by molar-refractivity contribution is 0.0861. The summed E-state index contributed by atoms with van der Waals surface area (Å²) >= 11 is 0. The Kier molecular flexibility index (Phi) is 5.92. The van der Waals surface area contributed by atoms with Gasteiger partial charge in [-0.2, -0.15) is 0 Å². The number of hydrogen-bond donors (Lipinski definition) is 0. The molecule has 2 nitrogen and oxygen atoms in total. The summed E-state index contributed by atoms with van der Waals surface area (Å²) in [5, 5.41) is 0. The number of nitrogens with zero attached hydrogens (tertiary/aromatic N) is 1. The number of carbonyl (C=O) groups excluding carboxylic acids is 1. The second-order valence-electron chi connectivity index (χ2n) is 6.15. The third-order valence-electron chi connectivity index (χ3n) is 4.57. The fourth-order valence-electron chi connectivity index (χ4n) is 3.30. The Morgan fingerprint density at radius 3 is 2.81 bits per heavy atom. The topological polar surface area (TPSA) is 20.3 Å². The van der Waals surface area contributed by atoms with E-state index < -0.39 is 5.82 Å². The van der Waals surface area contributed by atoms with Gasteiger partial charge in [0.2, 0.25) is 0 Å². The highest BCUT2D eigenvalue weighted by molar-refractivity contribution is 5.98. The first-order valence-electron chi connectivity index (χ1n) is 8.16. The summed E-state index contributed by atoms with van der Waals surface area (Å²) in [7, 11) is 0. The van der Waals surface area contributed by atoms with Crippen molar-refractivity contribution in [1.29, 1.82) is 0 Å². The number of likely N-dealkylation sites (tertiary alicyclic amines) is 1. The SMILES string of the molecule is CCC1CCCCCN1CC(C)C(=O)c1ccccc1F. The van der Waals surface area contributed by atoms with Gasteiger partial charge in [0.15, 0.2) is 5.78 Å². The van der Waals surface area contributed by atoms with Crippen LogP contribution in [0, 0.1) is 11.7 Å². The number of hydrogen-bond acceptors (Lipinski definition) is 2. The second-order valence-corrected chi connectivity index (χ2v) is 6.15. The predicted molar refractivity (Wildman–Crippen MR) is 84.0 cm³/mol. The highest BCUT2D eigenvalue weighted by Crippen LogP contribution is 2.22. The molecule has 0 aromatic heterocycles. The van der Waals surface area contributed by atoms with Crippen LogP contribution in [0.3, 0.4) is 0 Å². The third-order valence-corrected chi connectivity index (χ3v) is 4.57. The molecule has 1 aliphatic rings. The van der Waals surface area contributed by atoms with Gasteiger partial charge in [0.1, 0.15) is 5.82 Å². The maximum absolute atomic E-state index is 13.8. The van der Waals surface area contributed by atoms with Crippen molar-refractivity contribution in [1.82, 2.24) is 4.90 Å². The first kappa shape index (κ1) is 16.2. The fourth-order valence-corrected chi connectivity index (χ4v) is 3.30. The van der Waals surface area contributed by atoms with Gasteiger partial charge in [-0.1, -0.05) is 38.8 Å². The molecule has 3 heteroatoms. The zero-order valence-electron chi connectivity index (χ0n) is 13.1.